The van der Waals surface area contributed by atoms with E-state index in [4.69, 9.17) is 4.74 Å². The van der Waals surface area contributed by atoms with Gasteiger partial charge in [-0.3, -0.25) is 9.52 Å². The number of halogens is 3. The number of ether oxygens (including phenoxy) is 1. The van der Waals surface area contributed by atoms with Crippen LogP contribution in [0.15, 0.2) is 47.4 Å². The molecule has 6 nitrogen and oxygen atoms in total. The van der Waals surface area contributed by atoms with Gasteiger partial charge in [0.15, 0.2) is 6.61 Å². The van der Waals surface area contributed by atoms with Gasteiger partial charge in [-0.1, -0.05) is 0 Å². The van der Waals surface area contributed by atoms with Crippen LogP contribution in [0.5, 0.6) is 5.75 Å². The first kappa shape index (κ1) is 17.1. The van der Waals surface area contributed by atoms with Crippen LogP contribution in [0, 0.1) is 0 Å². The molecule has 0 aliphatic carbocycles. The number of benzene rings is 2. The van der Waals surface area contributed by atoms with E-state index in [9.17, 15) is 26.4 Å². The molecule has 1 amide bonds. The zero-order chi connectivity index (χ0) is 18.2. The van der Waals surface area contributed by atoms with Gasteiger partial charge >= 0.3 is 6.18 Å². The SMILES string of the molecule is O=C1COc2cc(S(=O)(=O)Nc3ccc(C(F)(F)F)cc3)ccc2N1. The maximum Gasteiger partial charge on any atom is 0.416 e. The summed E-state index contributed by atoms with van der Waals surface area (Å²) in [5, 5.41) is 2.52. The summed E-state index contributed by atoms with van der Waals surface area (Å²) in [6, 6.07) is 7.45. The van der Waals surface area contributed by atoms with Gasteiger partial charge in [-0.05, 0) is 36.4 Å². The lowest BCUT2D eigenvalue weighted by Crippen LogP contribution is -2.25. The van der Waals surface area contributed by atoms with Crippen LogP contribution in [0.2, 0.25) is 0 Å². The minimum absolute atomic E-state index is 0.0139. The zero-order valence-corrected chi connectivity index (χ0v) is 13.2. The molecule has 2 aromatic carbocycles. The normalized spacial score (nSPS) is 14.3. The number of nitrogens with one attached hydrogen (secondary N) is 2. The van der Waals surface area contributed by atoms with Gasteiger partial charge in [0.2, 0.25) is 0 Å². The molecule has 0 saturated heterocycles. The van der Waals surface area contributed by atoms with E-state index in [0.717, 1.165) is 24.3 Å². The summed E-state index contributed by atoms with van der Waals surface area (Å²) < 4.78 is 69.6. The molecule has 0 bridgehead atoms. The second-order valence-electron chi connectivity index (χ2n) is 5.18. The predicted octanol–water partition coefficient (Wildman–Crippen LogP) is 2.84. The van der Waals surface area contributed by atoms with Crippen LogP contribution in [0.3, 0.4) is 0 Å². The third kappa shape index (κ3) is 3.68. The monoisotopic (exact) mass is 372 g/mol. The van der Waals surface area contributed by atoms with E-state index in [2.05, 4.69) is 10.0 Å². The molecule has 25 heavy (non-hydrogen) atoms. The van der Waals surface area contributed by atoms with E-state index in [0.29, 0.717) is 5.69 Å². The molecule has 1 aliphatic heterocycles. The Morgan fingerprint density at radius 1 is 1.08 bits per heavy atom. The van der Waals surface area contributed by atoms with Crippen LogP contribution >= 0.6 is 0 Å². The first-order valence-corrected chi connectivity index (χ1v) is 8.40. The lowest BCUT2D eigenvalue weighted by molar-refractivity contribution is -0.137. The summed E-state index contributed by atoms with van der Waals surface area (Å²) in [7, 11) is -4.03. The molecule has 0 unspecified atom stereocenters. The first-order chi connectivity index (χ1) is 11.6. The number of anilines is 2. The molecule has 1 heterocycles. The summed E-state index contributed by atoms with van der Waals surface area (Å²) >= 11 is 0. The topological polar surface area (TPSA) is 84.5 Å². The Labute approximate surface area is 140 Å². The van der Waals surface area contributed by atoms with Gasteiger partial charge in [-0.15, -0.1) is 0 Å². The lowest BCUT2D eigenvalue weighted by Gasteiger charge is -2.18. The van der Waals surface area contributed by atoms with E-state index in [1.54, 1.807) is 0 Å². The number of hydrogen-bond donors (Lipinski definition) is 2. The van der Waals surface area contributed by atoms with E-state index in [-0.39, 0.29) is 28.8 Å². The number of amides is 1. The van der Waals surface area contributed by atoms with Crippen molar-refractivity contribution >= 4 is 27.3 Å². The number of hydrogen-bond acceptors (Lipinski definition) is 4. The smallest absolute Gasteiger partial charge is 0.416 e. The Hall–Kier alpha value is -2.75. The van der Waals surface area contributed by atoms with Gasteiger partial charge in [-0.25, -0.2) is 8.42 Å². The van der Waals surface area contributed by atoms with E-state index in [1.807, 2.05) is 0 Å². The summed E-state index contributed by atoms with van der Waals surface area (Å²) in [6.45, 7) is -0.233. The van der Waals surface area contributed by atoms with Gasteiger partial charge < -0.3 is 10.1 Å². The van der Waals surface area contributed by atoms with Crippen LogP contribution in [-0.2, 0) is 21.0 Å². The molecule has 0 aromatic heterocycles. The van der Waals surface area contributed by atoms with Crippen LogP contribution in [0.4, 0.5) is 24.5 Å². The van der Waals surface area contributed by atoms with Crippen LogP contribution in [0.1, 0.15) is 5.56 Å². The molecule has 132 valence electrons. The number of alkyl halides is 3. The summed E-state index contributed by atoms with van der Waals surface area (Å²) in [6.07, 6.45) is -4.50. The van der Waals surface area contributed by atoms with Crippen molar-refractivity contribution in [3.8, 4) is 5.75 Å². The summed E-state index contributed by atoms with van der Waals surface area (Å²) in [5.41, 5.74) is -0.557. The molecule has 0 spiro atoms. The van der Waals surface area contributed by atoms with Crippen molar-refractivity contribution in [2.75, 3.05) is 16.6 Å². The van der Waals surface area contributed by atoms with E-state index < -0.39 is 21.8 Å². The molecule has 2 N–H and O–H groups in total. The fourth-order valence-electron chi connectivity index (χ4n) is 2.16. The molecular formula is C15H11F3N2O4S. The van der Waals surface area contributed by atoms with Crippen molar-refractivity contribution in [1.29, 1.82) is 0 Å². The van der Waals surface area contributed by atoms with Crippen molar-refractivity contribution in [3.63, 3.8) is 0 Å². The number of rotatable bonds is 3. The molecule has 0 radical (unpaired) electrons. The quantitative estimate of drug-likeness (QED) is 0.868. The second kappa shape index (κ2) is 5.96. The molecular weight excluding hydrogens is 361 g/mol. The van der Waals surface area contributed by atoms with Crippen molar-refractivity contribution in [3.05, 3.63) is 48.0 Å². The highest BCUT2D eigenvalue weighted by Crippen LogP contribution is 2.32. The standard InChI is InChI=1S/C15H11F3N2O4S/c16-15(17,18)9-1-3-10(4-2-9)20-25(22,23)11-5-6-12-13(7-11)24-8-14(21)19-12/h1-7,20H,8H2,(H,19,21). The Kier molecular flexibility index (Phi) is 4.07. The average Bonchev–Trinajstić information content (AvgIpc) is 2.53. The second-order valence-corrected chi connectivity index (χ2v) is 6.86. The third-order valence-corrected chi connectivity index (χ3v) is 4.74. The fraction of sp³-hybridized carbons (Fsp3) is 0.133. The van der Waals surface area contributed by atoms with Crippen LogP contribution in [-0.4, -0.2) is 20.9 Å². The predicted molar refractivity (Wildman–Crippen MR) is 82.8 cm³/mol. The Morgan fingerprint density at radius 2 is 1.76 bits per heavy atom. The van der Waals surface area contributed by atoms with Gasteiger partial charge in [-0.2, -0.15) is 13.2 Å². The molecule has 2 aromatic rings. The zero-order valence-electron chi connectivity index (χ0n) is 12.4. The molecule has 0 atom stereocenters. The highest BCUT2D eigenvalue weighted by Gasteiger charge is 2.30. The first-order valence-electron chi connectivity index (χ1n) is 6.92. The van der Waals surface area contributed by atoms with Gasteiger partial charge in [0.1, 0.15) is 5.75 Å². The molecule has 0 saturated carbocycles. The minimum atomic E-state index is -4.50. The van der Waals surface area contributed by atoms with Gasteiger partial charge in [0, 0.05) is 11.8 Å². The highest BCUT2D eigenvalue weighted by molar-refractivity contribution is 7.92. The number of carbonyl (C=O) groups excluding carboxylic acids is 1. The number of fused-ring (bicyclic) bond motifs is 1. The van der Waals surface area contributed by atoms with Gasteiger partial charge in [0.05, 0.1) is 16.1 Å². The Morgan fingerprint density at radius 3 is 2.40 bits per heavy atom. The average molecular weight is 372 g/mol. The van der Waals surface area contributed by atoms with Crippen molar-refractivity contribution < 1.29 is 31.1 Å². The van der Waals surface area contributed by atoms with Gasteiger partial charge in [0.25, 0.3) is 15.9 Å². The van der Waals surface area contributed by atoms with Crippen LogP contribution < -0.4 is 14.8 Å². The fourth-order valence-corrected chi connectivity index (χ4v) is 3.24. The molecule has 10 heteroatoms. The maximum atomic E-state index is 12.5. The summed E-state index contributed by atoms with van der Waals surface area (Å²) in [4.78, 5) is 11.0. The number of carbonyl (C=O) groups is 1. The van der Waals surface area contributed by atoms with Crippen LogP contribution in [0.25, 0.3) is 0 Å². The highest BCUT2D eigenvalue weighted by atomic mass is 32.2. The Bertz CT molecular complexity index is 925. The lowest BCUT2D eigenvalue weighted by atomic mass is 10.2. The van der Waals surface area contributed by atoms with E-state index >= 15 is 0 Å². The minimum Gasteiger partial charge on any atom is -0.482 e. The largest absolute Gasteiger partial charge is 0.482 e. The third-order valence-electron chi connectivity index (χ3n) is 3.36. The van der Waals surface area contributed by atoms with E-state index in [1.165, 1.54) is 18.2 Å². The maximum absolute atomic E-state index is 12.5. The molecule has 3 rings (SSSR count). The van der Waals surface area contributed by atoms with Crippen molar-refractivity contribution in [1.82, 2.24) is 0 Å². The Balaban J connectivity index is 1.84. The summed E-state index contributed by atoms with van der Waals surface area (Å²) in [5.74, 6) is -0.166. The van der Waals surface area contributed by atoms with Crippen molar-refractivity contribution in [2.24, 2.45) is 0 Å². The number of sulfonamides is 1. The molecule has 1 aliphatic rings. The van der Waals surface area contributed by atoms with Crippen molar-refractivity contribution in [2.45, 2.75) is 11.1 Å². The molecule has 0 fully saturated rings.